The third-order valence-corrected chi connectivity index (χ3v) is 7.37. The van der Waals surface area contributed by atoms with Gasteiger partial charge in [-0.1, -0.05) is 36.9 Å². The molecule has 2 heterocycles. The highest BCUT2D eigenvalue weighted by Crippen LogP contribution is 2.25. The Kier molecular flexibility index (Phi) is 12.4. The van der Waals surface area contributed by atoms with Gasteiger partial charge in [0.25, 0.3) is 0 Å². The predicted molar refractivity (Wildman–Crippen MR) is 154 cm³/mol. The van der Waals surface area contributed by atoms with Crippen LogP contribution in [0.5, 0.6) is 0 Å². The van der Waals surface area contributed by atoms with E-state index in [9.17, 15) is 9.90 Å². The number of carboxylic acid groups (broad SMARTS) is 1. The summed E-state index contributed by atoms with van der Waals surface area (Å²) in [6.45, 7) is 5.00. The molecule has 0 aromatic carbocycles. The van der Waals surface area contributed by atoms with E-state index in [1.165, 1.54) is 37.1 Å². The molecule has 1 aliphatic carbocycles. The fraction of sp³-hybridized carbons (Fsp3) is 0.654. The highest BCUT2D eigenvalue weighted by atomic mass is 35.5. The van der Waals surface area contributed by atoms with Crippen LogP contribution in [0.4, 0.5) is 4.79 Å². The Morgan fingerprint density at radius 3 is 2.79 bits per heavy atom. The minimum atomic E-state index is -1.35. The molecule has 12 nitrogen and oxygen atoms in total. The van der Waals surface area contributed by atoms with Crippen LogP contribution in [0.3, 0.4) is 0 Å². The van der Waals surface area contributed by atoms with Gasteiger partial charge in [0.15, 0.2) is 17.6 Å². The molecule has 0 bridgehead atoms. The molecule has 3 aliphatic rings. The molecule has 39 heavy (non-hydrogen) atoms. The summed E-state index contributed by atoms with van der Waals surface area (Å²) >= 11 is 6.06. The fourth-order valence-corrected chi connectivity index (χ4v) is 5.35. The van der Waals surface area contributed by atoms with Crippen LogP contribution in [0.15, 0.2) is 32.9 Å². The Hall–Kier alpha value is -2.80. The van der Waals surface area contributed by atoms with Gasteiger partial charge in [-0.15, -0.1) is 0 Å². The summed E-state index contributed by atoms with van der Waals surface area (Å²) in [5.41, 5.74) is 0.788. The maximum absolute atomic E-state index is 11.3. The van der Waals surface area contributed by atoms with Gasteiger partial charge in [0.1, 0.15) is 6.61 Å². The van der Waals surface area contributed by atoms with Crippen LogP contribution in [0, 0.1) is 16.7 Å². The quantitative estimate of drug-likeness (QED) is 0.0890. The van der Waals surface area contributed by atoms with Crippen molar-refractivity contribution in [2.45, 2.75) is 64.3 Å². The number of likely N-dealkylation sites (tertiary alicyclic amines) is 1. The Balaban J connectivity index is 1.75. The monoisotopic (exact) mass is 563 g/mol. The van der Waals surface area contributed by atoms with Crippen LogP contribution in [-0.4, -0.2) is 95.4 Å². The fourth-order valence-electron chi connectivity index (χ4n) is 5.22. The van der Waals surface area contributed by atoms with E-state index in [1.54, 1.807) is 19.3 Å². The Morgan fingerprint density at radius 1 is 1.31 bits per heavy atom. The van der Waals surface area contributed by atoms with Crippen molar-refractivity contribution in [1.82, 2.24) is 20.1 Å². The number of nitrogens with zero attached hydrogens (tertiary/aromatic N) is 5. The summed E-state index contributed by atoms with van der Waals surface area (Å²) in [7, 11) is 0. The molecular weight excluding hydrogens is 522 g/mol. The maximum Gasteiger partial charge on any atom is 0.410 e. The molecule has 3 rings (SSSR count). The molecule has 1 unspecified atom stereocenters. The second-order valence-electron chi connectivity index (χ2n) is 10.4. The Morgan fingerprint density at radius 2 is 2.08 bits per heavy atom. The van der Waals surface area contributed by atoms with E-state index >= 15 is 0 Å². The van der Waals surface area contributed by atoms with Gasteiger partial charge in [-0.2, -0.15) is 0 Å². The van der Waals surface area contributed by atoms with E-state index in [0.717, 1.165) is 31.5 Å². The normalized spacial score (nSPS) is 20.8. The van der Waals surface area contributed by atoms with Crippen LogP contribution in [0.1, 0.15) is 58.3 Å². The number of hydrazine groups is 1. The number of nitrogens with one attached hydrogen (secondary N) is 3. The number of halogens is 1. The first-order valence-corrected chi connectivity index (χ1v) is 14.0. The number of allylic oxidation sites excluding steroid dienone is 2. The molecule has 1 atom stereocenters. The lowest BCUT2D eigenvalue weighted by Gasteiger charge is -2.37. The zero-order chi connectivity index (χ0) is 28.2. The number of hydrogen-bond acceptors (Lipinski definition) is 9. The van der Waals surface area contributed by atoms with E-state index in [1.807, 2.05) is 6.08 Å². The third kappa shape index (κ3) is 10.7. The van der Waals surface area contributed by atoms with Crippen LogP contribution in [0.2, 0.25) is 0 Å². The summed E-state index contributed by atoms with van der Waals surface area (Å²) < 4.78 is 5.53. The Labute approximate surface area is 235 Å². The van der Waals surface area contributed by atoms with Gasteiger partial charge < -0.3 is 9.84 Å². The zero-order valence-corrected chi connectivity index (χ0v) is 23.5. The molecule has 2 aliphatic heterocycles. The number of amidine groups is 2. The average Bonchev–Trinajstić information content (AvgIpc) is 3.21. The minimum absolute atomic E-state index is 0.0457. The summed E-state index contributed by atoms with van der Waals surface area (Å²) in [5, 5.41) is 29.3. The second kappa shape index (κ2) is 15.7. The Bertz CT molecular complexity index is 991. The van der Waals surface area contributed by atoms with Gasteiger partial charge >= 0.3 is 6.09 Å². The lowest BCUT2D eigenvalue weighted by molar-refractivity contribution is 0.0542. The lowest BCUT2D eigenvalue weighted by Crippen LogP contribution is -2.55. The minimum Gasteiger partial charge on any atom is -0.480 e. The second-order valence-corrected chi connectivity index (χ2v) is 10.9. The van der Waals surface area contributed by atoms with Crippen molar-refractivity contribution >= 4 is 41.5 Å². The van der Waals surface area contributed by atoms with Crippen molar-refractivity contribution in [2.24, 2.45) is 21.7 Å². The highest BCUT2D eigenvalue weighted by Gasteiger charge is 2.29. The van der Waals surface area contributed by atoms with Gasteiger partial charge in [0, 0.05) is 43.4 Å². The molecule has 0 aromatic heterocycles. The number of ether oxygens (including phenoxy) is 1. The van der Waals surface area contributed by atoms with Crippen LogP contribution < -0.4 is 11.2 Å². The topological polar surface area (TPSA) is 167 Å². The van der Waals surface area contributed by atoms with Crippen molar-refractivity contribution < 1.29 is 14.6 Å². The molecule has 0 spiro atoms. The van der Waals surface area contributed by atoms with Gasteiger partial charge in [0.2, 0.25) is 0 Å². The van der Waals surface area contributed by atoms with Crippen molar-refractivity contribution in [3.8, 4) is 0 Å². The molecule has 0 radical (unpaired) electrons. The number of carbonyl (C=O) groups is 1. The molecule has 1 saturated carbocycles. The third-order valence-electron chi connectivity index (χ3n) is 7.12. The predicted octanol–water partition coefficient (Wildman–Crippen LogP) is 3.56. The van der Waals surface area contributed by atoms with Crippen molar-refractivity contribution in [3.63, 3.8) is 0 Å². The number of rotatable bonds is 10. The van der Waals surface area contributed by atoms with Crippen LogP contribution in [0.25, 0.3) is 0 Å². The van der Waals surface area contributed by atoms with E-state index in [-0.39, 0.29) is 36.8 Å². The summed E-state index contributed by atoms with van der Waals surface area (Å²) in [6.07, 6.45) is 12.4. The van der Waals surface area contributed by atoms with Crippen LogP contribution >= 0.6 is 11.6 Å². The first kappa shape index (κ1) is 30.7. The number of amides is 1. The van der Waals surface area contributed by atoms with E-state index < -0.39 is 6.09 Å². The summed E-state index contributed by atoms with van der Waals surface area (Å²) in [4.78, 5) is 24.6. The van der Waals surface area contributed by atoms with Crippen LogP contribution in [-0.2, 0) is 4.74 Å². The summed E-state index contributed by atoms with van der Waals surface area (Å²) in [6, 6.07) is 0.215. The number of hydrogen-bond donors (Lipinski definition) is 5. The molecule has 0 aromatic rings. The highest BCUT2D eigenvalue weighted by molar-refractivity contribution is 6.41. The molecule has 216 valence electrons. The van der Waals surface area contributed by atoms with E-state index in [2.05, 4.69) is 25.1 Å². The van der Waals surface area contributed by atoms with Crippen molar-refractivity contribution in [1.29, 1.82) is 10.8 Å². The molecule has 2 fully saturated rings. The first-order chi connectivity index (χ1) is 18.7. The maximum atomic E-state index is 11.3. The molecule has 6 N–H and O–H groups in total. The number of nitrogens with two attached hydrogens (primary N) is 1. The molecule has 13 heteroatoms. The van der Waals surface area contributed by atoms with Gasteiger partial charge in [-0.25, -0.2) is 10.6 Å². The largest absolute Gasteiger partial charge is 0.480 e. The standard InChI is InChI=1S/C26H42ClN9O3/c1-19(28)39-16-23-8-5-11-35(23)17-34(15-20-6-3-2-4-7-20)18-36(30)25(24(29)33-26(37)38)32-13-21-9-10-22(27)14-31-12-21/h9,12,14,20,23,28H,2-8,10-11,13,15-18,30H2,1H3,(H2,29,33)(H,37,38)/b28-19?,32-25-. The zero-order valence-electron chi connectivity index (χ0n) is 22.7. The smallest absolute Gasteiger partial charge is 0.410 e. The number of aliphatic imine (C=N–C) groups is 2. The molecular formula is C26H42ClN9O3. The van der Waals surface area contributed by atoms with Gasteiger partial charge in [-0.05, 0) is 43.7 Å². The average molecular weight is 564 g/mol. The van der Waals surface area contributed by atoms with Gasteiger partial charge in [0.05, 0.1) is 19.9 Å². The van der Waals surface area contributed by atoms with Crippen molar-refractivity contribution in [2.75, 3.05) is 39.6 Å². The van der Waals surface area contributed by atoms with Crippen molar-refractivity contribution in [3.05, 3.63) is 22.9 Å². The molecule has 1 saturated heterocycles. The van der Waals surface area contributed by atoms with E-state index in [4.69, 9.17) is 33.0 Å². The molecule has 1 amide bonds. The lowest BCUT2D eigenvalue weighted by atomic mass is 9.89. The first-order valence-electron chi connectivity index (χ1n) is 13.6. The SMILES string of the molecule is CC(=N)OCC1CCCN1CN(CC1CCCCC1)CN(N)/C(=N\CC1=CCC(Cl)=CN=C1)C(=N)NC(=O)O. The van der Waals surface area contributed by atoms with Gasteiger partial charge in [-0.3, -0.25) is 40.9 Å². The summed E-state index contributed by atoms with van der Waals surface area (Å²) in [5.74, 6) is 6.93. The van der Waals surface area contributed by atoms with E-state index in [0.29, 0.717) is 30.6 Å².